The van der Waals surface area contributed by atoms with Crippen molar-refractivity contribution in [3.8, 4) is 0 Å². The van der Waals surface area contributed by atoms with Crippen molar-refractivity contribution >= 4 is 29.2 Å². The smallest absolute Gasteiger partial charge is 0.170 e. The minimum absolute atomic E-state index is 0. The first-order valence-corrected chi connectivity index (χ1v) is 9.91. The Balaban J connectivity index is 0.00000240. The highest BCUT2D eigenvalue weighted by Crippen LogP contribution is 2.36. The van der Waals surface area contributed by atoms with Crippen LogP contribution in [0.5, 0.6) is 0 Å². The summed E-state index contributed by atoms with van der Waals surface area (Å²) in [5.41, 5.74) is 2.18. The van der Waals surface area contributed by atoms with Crippen LogP contribution in [0.2, 0.25) is 0 Å². The van der Waals surface area contributed by atoms with Gasteiger partial charge in [0.2, 0.25) is 0 Å². The molecule has 1 aromatic heterocycles. The number of piperidine rings is 1. The Labute approximate surface area is 176 Å². The first-order chi connectivity index (χ1) is 13.6. The average molecular weight is 417 g/mol. The first kappa shape index (κ1) is 21.5. The largest absolute Gasteiger partial charge is 0.356 e. The highest BCUT2D eigenvalue weighted by atomic mass is 35.5. The van der Waals surface area contributed by atoms with E-state index in [0.717, 1.165) is 62.0 Å². The second-order valence-corrected chi connectivity index (χ2v) is 7.72. The summed E-state index contributed by atoms with van der Waals surface area (Å²) in [6.07, 6.45) is 3.47. The fraction of sp³-hybridized carbons (Fsp3) is 0.391. The van der Waals surface area contributed by atoms with Gasteiger partial charge in [-0.1, -0.05) is 35.5 Å². The molecule has 29 heavy (non-hydrogen) atoms. The molecule has 154 valence electrons. The summed E-state index contributed by atoms with van der Waals surface area (Å²) >= 11 is 0. The zero-order valence-electron chi connectivity index (χ0n) is 16.6. The van der Waals surface area contributed by atoms with Gasteiger partial charge in [-0.05, 0) is 69.9 Å². The third kappa shape index (κ3) is 4.36. The molecule has 0 atom stereocenters. The molecule has 0 saturated carbocycles. The summed E-state index contributed by atoms with van der Waals surface area (Å²) in [5.74, 6) is -0.0458. The van der Waals surface area contributed by atoms with Crippen molar-refractivity contribution in [1.82, 2.24) is 10.1 Å². The Morgan fingerprint density at radius 1 is 1.17 bits per heavy atom. The summed E-state index contributed by atoms with van der Waals surface area (Å²) in [7, 11) is 0. The lowest BCUT2D eigenvalue weighted by Gasteiger charge is -2.40. The highest BCUT2D eigenvalue weighted by Gasteiger charge is 2.40. The predicted octanol–water partition coefficient (Wildman–Crippen LogP) is 4.94. The van der Waals surface area contributed by atoms with Gasteiger partial charge < -0.3 is 9.42 Å². The second kappa shape index (κ2) is 9.06. The van der Waals surface area contributed by atoms with Crippen LogP contribution < -0.4 is 0 Å². The van der Waals surface area contributed by atoms with Crippen molar-refractivity contribution in [3.05, 3.63) is 65.6 Å². The lowest BCUT2D eigenvalue weighted by Crippen LogP contribution is -2.46. The van der Waals surface area contributed by atoms with E-state index in [-0.39, 0.29) is 29.4 Å². The van der Waals surface area contributed by atoms with Crippen LogP contribution in [0.3, 0.4) is 0 Å². The number of likely N-dealkylation sites (tertiary alicyclic amines) is 1. The maximum absolute atomic E-state index is 13.3. The van der Waals surface area contributed by atoms with Crippen LogP contribution in [-0.4, -0.2) is 35.5 Å². The molecule has 2 heterocycles. The lowest BCUT2D eigenvalue weighted by atomic mass is 9.70. The van der Waals surface area contributed by atoms with Crippen molar-refractivity contribution in [2.75, 3.05) is 19.6 Å². The minimum atomic E-state index is -0.343. The number of rotatable bonds is 6. The van der Waals surface area contributed by atoms with Crippen molar-refractivity contribution in [2.24, 2.45) is 0 Å². The molecule has 0 spiro atoms. The Bertz CT molecular complexity index is 965. The molecule has 4 rings (SSSR count). The summed E-state index contributed by atoms with van der Waals surface area (Å²) < 4.78 is 18.5. The van der Waals surface area contributed by atoms with Gasteiger partial charge in [0.1, 0.15) is 11.6 Å². The summed E-state index contributed by atoms with van der Waals surface area (Å²) in [6.45, 7) is 4.51. The van der Waals surface area contributed by atoms with Crippen LogP contribution in [0, 0.1) is 5.82 Å². The van der Waals surface area contributed by atoms with Crippen LogP contribution in [-0.2, 0) is 16.6 Å². The molecule has 0 N–H and O–H groups in total. The zero-order chi connectivity index (χ0) is 19.6. The van der Waals surface area contributed by atoms with E-state index in [0.29, 0.717) is 5.58 Å². The van der Waals surface area contributed by atoms with Crippen molar-refractivity contribution in [3.63, 3.8) is 0 Å². The normalized spacial score (nSPS) is 16.5. The number of fused-ring (bicyclic) bond motifs is 1. The summed E-state index contributed by atoms with van der Waals surface area (Å²) in [5, 5.41) is 4.99. The van der Waals surface area contributed by atoms with E-state index in [1.165, 1.54) is 12.1 Å². The molecule has 3 aromatic rings. The topological polar surface area (TPSA) is 46.3 Å². The maximum atomic E-state index is 13.3. The number of nitrogens with zero attached hydrogens (tertiary/aromatic N) is 2. The quantitative estimate of drug-likeness (QED) is 0.570. The number of hydrogen-bond donors (Lipinski definition) is 0. The van der Waals surface area contributed by atoms with Crippen LogP contribution in [0.25, 0.3) is 11.0 Å². The number of Topliss-reactive ketones (excluding diaryl/α,β-unsaturated/α-hetero) is 1. The number of aromatic nitrogens is 1. The molecule has 0 amide bonds. The lowest BCUT2D eigenvalue weighted by molar-refractivity contribution is -0.124. The van der Waals surface area contributed by atoms with Gasteiger partial charge in [0.05, 0.1) is 11.1 Å². The maximum Gasteiger partial charge on any atom is 0.170 e. The van der Waals surface area contributed by atoms with E-state index in [4.69, 9.17) is 4.52 Å². The summed E-state index contributed by atoms with van der Waals surface area (Å²) in [6, 6.07) is 14.7. The van der Waals surface area contributed by atoms with Crippen molar-refractivity contribution in [2.45, 2.75) is 38.0 Å². The van der Waals surface area contributed by atoms with E-state index in [1.54, 1.807) is 13.0 Å². The van der Waals surface area contributed by atoms with Crippen LogP contribution in [0.4, 0.5) is 4.39 Å². The predicted molar refractivity (Wildman–Crippen MR) is 114 cm³/mol. The fourth-order valence-corrected chi connectivity index (χ4v) is 4.37. The van der Waals surface area contributed by atoms with Gasteiger partial charge in [0, 0.05) is 11.5 Å². The van der Waals surface area contributed by atoms with Gasteiger partial charge in [-0.25, -0.2) is 4.39 Å². The van der Waals surface area contributed by atoms with Crippen molar-refractivity contribution < 1.29 is 13.7 Å². The average Bonchev–Trinajstić information content (AvgIpc) is 3.11. The van der Waals surface area contributed by atoms with E-state index in [2.05, 4.69) is 22.2 Å². The van der Waals surface area contributed by atoms with Crippen LogP contribution in [0.1, 0.15) is 37.4 Å². The fourth-order valence-electron chi connectivity index (χ4n) is 4.37. The third-order valence-electron chi connectivity index (χ3n) is 6.11. The number of aryl methyl sites for hydroxylation is 1. The van der Waals surface area contributed by atoms with Crippen LogP contribution >= 0.6 is 12.4 Å². The van der Waals surface area contributed by atoms with Gasteiger partial charge in [0.25, 0.3) is 0 Å². The standard InChI is InChI=1S/C23H25FN2O2.ClH/c1-17(27)23(18-6-3-2-4-7-18)11-14-26(15-12-23)13-5-8-21-20-10-9-19(24)16-22(20)28-25-21;/h2-4,6-7,9-10,16H,5,8,11-15H2,1H3;1H. The van der Waals surface area contributed by atoms with Gasteiger partial charge >= 0.3 is 0 Å². The molecule has 0 bridgehead atoms. The number of benzene rings is 2. The molecule has 6 heteroatoms. The molecule has 1 aliphatic rings. The molecule has 0 aliphatic carbocycles. The number of carbonyl (C=O) groups excluding carboxylic acids is 1. The molecule has 1 fully saturated rings. The van der Waals surface area contributed by atoms with Gasteiger partial charge in [-0.2, -0.15) is 0 Å². The van der Waals surface area contributed by atoms with E-state index < -0.39 is 0 Å². The minimum Gasteiger partial charge on any atom is -0.356 e. The first-order valence-electron chi connectivity index (χ1n) is 9.91. The number of carbonyl (C=O) groups is 1. The van der Waals surface area contributed by atoms with Crippen LogP contribution in [0.15, 0.2) is 53.1 Å². The van der Waals surface area contributed by atoms with Gasteiger partial charge in [-0.3, -0.25) is 4.79 Å². The van der Waals surface area contributed by atoms with E-state index in [9.17, 15) is 9.18 Å². The summed E-state index contributed by atoms with van der Waals surface area (Å²) in [4.78, 5) is 14.9. The molecular weight excluding hydrogens is 391 g/mol. The molecule has 1 saturated heterocycles. The number of hydrogen-bond acceptors (Lipinski definition) is 4. The number of halogens is 2. The third-order valence-corrected chi connectivity index (χ3v) is 6.11. The monoisotopic (exact) mass is 416 g/mol. The van der Waals surface area contributed by atoms with E-state index >= 15 is 0 Å². The van der Waals surface area contributed by atoms with E-state index in [1.807, 2.05) is 18.2 Å². The molecule has 2 aromatic carbocycles. The number of ketones is 1. The van der Waals surface area contributed by atoms with Gasteiger partial charge in [-0.15, -0.1) is 12.4 Å². The second-order valence-electron chi connectivity index (χ2n) is 7.72. The Kier molecular flexibility index (Phi) is 6.70. The molecular formula is C23H26ClFN2O2. The molecule has 0 radical (unpaired) electrons. The SMILES string of the molecule is CC(=O)C1(c2ccccc2)CCN(CCCc2noc3cc(F)ccc23)CC1.Cl. The Hall–Kier alpha value is -2.24. The Morgan fingerprint density at radius 3 is 2.59 bits per heavy atom. The zero-order valence-corrected chi connectivity index (χ0v) is 17.4. The van der Waals surface area contributed by atoms with Crippen molar-refractivity contribution in [1.29, 1.82) is 0 Å². The highest BCUT2D eigenvalue weighted by molar-refractivity contribution is 5.88. The molecule has 0 unspecified atom stereocenters. The molecule has 1 aliphatic heterocycles. The Morgan fingerprint density at radius 2 is 1.90 bits per heavy atom. The molecule has 4 nitrogen and oxygen atoms in total. The van der Waals surface area contributed by atoms with Gasteiger partial charge in [0.15, 0.2) is 5.58 Å².